The molecule has 2 amide bonds. The van der Waals surface area contributed by atoms with Crippen LogP contribution in [0.15, 0.2) is 77.7 Å². The summed E-state index contributed by atoms with van der Waals surface area (Å²) in [6.45, 7) is 1.21. The number of amides is 2. The Bertz CT molecular complexity index is 1300. The molecule has 4 rings (SSSR count). The Balaban J connectivity index is 1.34. The van der Waals surface area contributed by atoms with Gasteiger partial charge < -0.3 is 20.1 Å². The molecular formula is C24H23N3O6S. The number of hydrogen-bond donors (Lipinski definition) is 3. The van der Waals surface area contributed by atoms with Crippen molar-refractivity contribution in [2.24, 2.45) is 0 Å². The number of carbonyl (C=O) groups is 2. The lowest BCUT2D eigenvalue weighted by Crippen LogP contribution is -2.34. The van der Waals surface area contributed by atoms with Crippen molar-refractivity contribution in [3.05, 3.63) is 83.9 Å². The van der Waals surface area contributed by atoms with Gasteiger partial charge in [-0.2, -0.15) is 0 Å². The molecule has 3 N–H and O–H groups in total. The van der Waals surface area contributed by atoms with Gasteiger partial charge in [-0.05, 0) is 42.5 Å². The molecular weight excluding hydrogens is 458 g/mol. The molecule has 1 aliphatic heterocycles. The quantitative estimate of drug-likeness (QED) is 0.425. The molecule has 3 aromatic carbocycles. The first-order valence-corrected chi connectivity index (χ1v) is 12.0. The average molecular weight is 482 g/mol. The normalized spacial score (nSPS) is 12.5. The number of ether oxygens (including phenoxy) is 2. The zero-order valence-electron chi connectivity index (χ0n) is 18.1. The first-order valence-electron chi connectivity index (χ1n) is 10.6. The zero-order valence-corrected chi connectivity index (χ0v) is 18.9. The van der Waals surface area contributed by atoms with Crippen LogP contribution < -0.4 is 24.8 Å². The molecule has 10 heteroatoms. The van der Waals surface area contributed by atoms with Gasteiger partial charge >= 0.3 is 0 Å². The predicted molar refractivity (Wildman–Crippen MR) is 126 cm³/mol. The van der Waals surface area contributed by atoms with Gasteiger partial charge in [0.15, 0.2) is 11.5 Å². The number of nitrogens with one attached hydrogen (secondary N) is 3. The smallest absolute Gasteiger partial charge is 0.262 e. The maximum absolute atomic E-state index is 12.8. The summed E-state index contributed by atoms with van der Waals surface area (Å²) < 4.78 is 39.0. The Hall–Kier alpha value is -4.05. The van der Waals surface area contributed by atoms with Gasteiger partial charge in [-0.25, -0.2) is 8.42 Å². The van der Waals surface area contributed by atoms with Crippen LogP contribution in [0.4, 0.5) is 5.69 Å². The number of carbonyl (C=O) groups excluding carboxylic acids is 2. The fourth-order valence-electron chi connectivity index (χ4n) is 3.27. The molecule has 0 unspecified atom stereocenters. The van der Waals surface area contributed by atoms with Crippen molar-refractivity contribution in [1.82, 2.24) is 10.6 Å². The van der Waals surface area contributed by atoms with Crippen molar-refractivity contribution in [1.29, 1.82) is 0 Å². The molecule has 9 nitrogen and oxygen atoms in total. The summed E-state index contributed by atoms with van der Waals surface area (Å²) in [4.78, 5) is 24.5. The summed E-state index contributed by atoms with van der Waals surface area (Å²) in [5.41, 5.74) is 1.04. The molecule has 0 aliphatic carbocycles. The standard InChI is InChI=1S/C24H23N3O6S/c28-23(17-5-2-1-3-6-17)25-11-12-26-24(29)18-7-4-8-19(15-18)27-34(30,31)20-9-10-21-22(16-20)33-14-13-32-21/h1-10,15-16,27H,11-14H2,(H,25,28)(H,26,29). The van der Waals surface area contributed by atoms with Crippen LogP contribution >= 0.6 is 0 Å². The van der Waals surface area contributed by atoms with E-state index in [4.69, 9.17) is 9.47 Å². The molecule has 0 radical (unpaired) electrons. The third-order valence-corrected chi connectivity index (χ3v) is 6.31. The van der Waals surface area contributed by atoms with E-state index in [0.29, 0.717) is 30.3 Å². The number of benzene rings is 3. The van der Waals surface area contributed by atoms with Gasteiger partial charge in [0, 0.05) is 36.0 Å². The predicted octanol–water partition coefficient (Wildman–Crippen LogP) is 2.42. The van der Waals surface area contributed by atoms with Crippen LogP contribution in [0.3, 0.4) is 0 Å². The lowest BCUT2D eigenvalue weighted by Gasteiger charge is -2.19. The van der Waals surface area contributed by atoms with E-state index in [-0.39, 0.29) is 35.1 Å². The van der Waals surface area contributed by atoms with Gasteiger partial charge in [-0.15, -0.1) is 0 Å². The van der Waals surface area contributed by atoms with Crippen LogP contribution in [0, 0.1) is 0 Å². The van der Waals surface area contributed by atoms with Crippen molar-refractivity contribution in [2.75, 3.05) is 31.0 Å². The van der Waals surface area contributed by atoms with E-state index < -0.39 is 15.9 Å². The van der Waals surface area contributed by atoms with E-state index in [9.17, 15) is 18.0 Å². The van der Waals surface area contributed by atoms with Crippen molar-refractivity contribution in [3.63, 3.8) is 0 Å². The highest BCUT2D eigenvalue weighted by atomic mass is 32.2. The maximum atomic E-state index is 12.8. The minimum absolute atomic E-state index is 0.0146. The molecule has 0 aromatic heterocycles. The van der Waals surface area contributed by atoms with E-state index >= 15 is 0 Å². The van der Waals surface area contributed by atoms with Gasteiger partial charge in [-0.1, -0.05) is 24.3 Å². The summed E-state index contributed by atoms with van der Waals surface area (Å²) in [5.74, 6) is 0.227. The third-order valence-electron chi connectivity index (χ3n) is 4.93. The Morgan fingerprint density at radius 1 is 0.735 bits per heavy atom. The molecule has 0 bridgehead atoms. The SMILES string of the molecule is O=C(NCCNC(=O)c1cccc(NS(=O)(=O)c2ccc3c(c2)OCCO3)c1)c1ccccc1. The van der Waals surface area contributed by atoms with Crippen molar-refractivity contribution < 1.29 is 27.5 Å². The van der Waals surface area contributed by atoms with E-state index in [2.05, 4.69) is 15.4 Å². The third kappa shape index (κ3) is 5.65. The number of anilines is 1. The Kier molecular flexibility index (Phi) is 6.98. The lowest BCUT2D eigenvalue weighted by atomic mass is 10.2. The first kappa shape index (κ1) is 23.1. The second kappa shape index (κ2) is 10.3. The number of hydrogen-bond acceptors (Lipinski definition) is 6. The summed E-state index contributed by atoms with van der Waals surface area (Å²) >= 11 is 0. The number of rotatable bonds is 8. The molecule has 0 spiro atoms. The number of fused-ring (bicyclic) bond motifs is 1. The van der Waals surface area contributed by atoms with Crippen LogP contribution in [0.5, 0.6) is 11.5 Å². The Morgan fingerprint density at radius 3 is 2.12 bits per heavy atom. The van der Waals surface area contributed by atoms with E-state index in [1.54, 1.807) is 48.5 Å². The van der Waals surface area contributed by atoms with Crippen LogP contribution in [-0.4, -0.2) is 46.5 Å². The van der Waals surface area contributed by atoms with Gasteiger partial charge in [-0.3, -0.25) is 14.3 Å². The summed E-state index contributed by atoms with van der Waals surface area (Å²) in [5, 5.41) is 5.42. The largest absolute Gasteiger partial charge is 0.486 e. The number of sulfonamides is 1. The molecule has 1 heterocycles. The van der Waals surface area contributed by atoms with Gasteiger partial charge in [0.2, 0.25) is 0 Å². The highest BCUT2D eigenvalue weighted by Gasteiger charge is 2.20. The van der Waals surface area contributed by atoms with Gasteiger partial charge in [0.1, 0.15) is 13.2 Å². The van der Waals surface area contributed by atoms with Gasteiger partial charge in [0.05, 0.1) is 4.90 Å². The average Bonchev–Trinajstić information content (AvgIpc) is 2.86. The van der Waals surface area contributed by atoms with E-state index in [0.717, 1.165) is 0 Å². The molecule has 0 atom stereocenters. The molecule has 1 aliphatic rings. The highest BCUT2D eigenvalue weighted by Crippen LogP contribution is 2.32. The minimum atomic E-state index is -3.91. The fraction of sp³-hybridized carbons (Fsp3) is 0.167. The molecule has 0 fully saturated rings. The molecule has 34 heavy (non-hydrogen) atoms. The second-order valence-corrected chi connectivity index (χ2v) is 9.05. The zero-order chi connectivity index (χ0) is 24.0. The fourth-order valence-corrected chi connectivity index (χ4v) is 4.34. The monoisotopic (exact) mass is 481 g/mol. The van der Waals surface area contributed by atoms with Crippen LogP contribution in [0.1, 0.15) is 20.7 Å². The van der Waals surface area contributed by atoms with Crippen molar-refractivity contribution in [3.8, 4) is 11.5 Å². The molecule has 0 saturated carbocycles. The summed E-state index contributed by atoms with van der Waals surface area (Å²) in [7, 11) is -3.91. The van der Waals surface area contributed by atoms with E-state index in [1.807, 2.05) is 6.07 Å². The van der Waals surface area contributed by atoms with Crippen LogP contribution in [-0.2, 0) is 10.0 Å². The van der Waals surface area contributed by atoms with E-state index in [1.165, 1.54) is 18.2 Å². The Morgan fingerprint density at radius 2 is 1.38 bits per heavy atom. The molecule has 176 valence electrons. The summed E-state index contributed by atoms with van der Waals surface area (Å²) in [6, 6.07) is 19.3. The van der Waals surface area contributed by atoms with Crippen LogP contribution in [0.25, 0.3) is 0 Å². The van der Waals surface area contributed by atoms with Gasteiger partial charge in [0.25, 0.3) is 21.8 Å². The second-order valence-electron chi connectivity index (χ2n) is 7.37. The Labute approximate surface area is 197 Å². The lowest BCUT2D eigenvalue weighted by molar-refractivity contribution is 0.0927. The highest BCUT2D eigenvalue weighted by molar-refractivity contribution is 7.92. The van der Waals surface area contributed by atoms with Crippen LogP contribution in [0.2, 0.25) is 0 Å². The van der Waals surface area contributed by atoms with Crippen molar-refractivity contribution >= 4 is 27.5 Å². The minimum Gasteiger partial charge on any atom is -0.486 e. The maximum Gasteiger partial charge on any atom is 0.262 e. The first-order chi connectivity index (χ1) is 16.4. The topological polar surface area (TPSA) is 123 Å². The summed E-state index contributed by atoms with van der Waals surface area (Å²) in [6.07, 6.45) is 0. The van der Waals surface area contributed by atoms with Crippen molar-refractivity contribution in [2.45, 2.75) is 4.90 Å². The molecule has 3 aromatic rings. The molecule has 0 saturated heterocycles.